The highest BCUT2D eigenvalue weighted by molar-refractivity contribution is 5.96. The third-order valence-electron chi connectivity index (χ3n) is 2.61. The van der Waals surface area contributed by atoms with Crippen molar-refractivity contribution in [2.75, 3.05) is 11.9 Å². The molecule has 3 N–H and O–H groups in total. The number of urea groups is 1. The van der Waals surface area contributed by atoms with Crippen LogP contribution in [0.2, 0.25) is 0 Å². The molecule has 1 aromatic rings. The van der Waals surface area contributed by atoms with Gasteiger partial charge in [-0.2, -0.15) is 5.26 Å². The van der Waals surface area contributed by atoms with E-state index in [9.17, 15) is 9.59 Å². The van der Waals surface area contributed by atoms with Gasteiger partial charge in [-0.15, -0.1) is 0 Å². The van der Waals surface area contributed by atoms with Crippen LogP contribution in [-0.2, 0) is 4.79 Å². The Morgan fingerprint density at radius 3 is 2.84 bits per heavy atom. The number of anilines is 1. The molecule has 0 atom stereocenters. The molecule has 0 aliphatic heterocycles. The molecule has 98 valence electrons. The topological polar surface area (TPSA) is 94.0 Å². The standard InChI is InChI=1S/C13H14N4O2/c14-7-9-2-1-3-11(6-9)15-8-12(18)17-13(19)16-10-4-5-10/h1-3,6,10,15H,4-5,8H2,(H2,16,17,18,19). The predicted molar refractivity (Wildman–Crippen MR) is 69.3 cm³/mol. The molecule has 0 radical (unpaired) electrons. The number of carbonyl (C=O) groups excluding carboxylic acids is 2. The van der Waals surface area contributed by atoms with Crippen molar-refractivity contribution >= 4 is 17.6 Å². The van der Waals surface area contributed by atoms with E-state index in [-0.39, 0.29) is 12.6 Å². The second kappa shape index (κ2) is 5.87. The Bertz CT molecular complexity index is 532. The molecule has 2 rings (SSSR count). The van der Waals surface area contributed by atoms with Crippen molar-refractivity contribution < 1.29 is 9.59 Å². The average molecular weight is 258 g/mol. The van der Waals surface area contributed by atoms with Gasteiger partial charge in [0.2, 0.25) is 5.91 Å². The SMILES string of the molecule is N#Cc1cccc(NCC(=O)NC(=O)NC2CC2)c1. The first kappa shape index (κ1) is 12.9. The van der Waals surface area contributed by atoms with E-state index in [1.54, 1.807) is 24.3 Å². The minimum atomic E-state index is -0.458. The monoisotopic (exact) mass is 258 g/mol. The molecule has 3 amide bonds. The zero-order valence-electron chi connectivity index (χ0n) is 10.3. The maximum atomic E-state index is 11.5. The summed E-state index contributed by atoms with van der Waals surface area (Å²) in [6.07, 6.45) is 1.95. The highest BCUT2D eigenvalue weighted by Gasteiger charge is 2.23. The van der Waals surface area contributed by atoms with Crippen LogP contribution in [0.4, 0.5) is 10.5 Å². The molecule has 1 aliphatic rings. The lowest BCUT2D eigenvalue weighted by Gasteiger charge is -2.07. The van der Waals surface area contributed by atoms with Crippen molar-refractivity contribution in [1.82, 2.24) is 10.6 Å². The number of rotatable bonds is 4. The van der Waals surface area contributed by atoms with Gasteiger partial charge in [-0.05, 0) is 31.0 Å². The number of nitrogens with zero attached hydrogens (tertiary/aromatic N) is 1. The number of nitriles is 1. The molecule has 6 heteroatoms. The van der Waals surface area contributed by atoms with Gasteiger partial charge in [0.05, 0.1) is 18.2 Å². The van der Waals surface area contributed by atoms with Crippen molar-refractivity contribution in [2.24, 2.45) is 0 Å². The van der Waals surface area contributed by atoms with Crippen molar-refractivity contribution in [2.45, 2.75) is 18.9 Å². The normalized spacial score (nSPS) is 13.2. The van der Waals surface area contributed by atoms with Gasteiger partial charge in [-0.25, -0.2) is 4.79 Å². The van der Waals surface area contributed by atoms with E-state index in [0.717, 1.165) is 12.8 Å². The van der Waals surface area contributed by atoms with Crippen LogP contribution >= 0.6 is 0 Å². The first-order valence-electron chi connectivity index (χ1n) is 6.02. The van der Waals surface area contributed by atoms with Crippen LogP contribution in [0.15, 0.2) is 24.3 Å². The maximum absolute atomic E-state index is 11.5. The quantitative estimate of drug-likeness (QED) is 0.749. The zero-order valence-corrected chi connectivity index (χ0v) is 10.3. The van der Waals surface area contributed by atoms with Crippen LogP contribution in [0.25, 0.3) is 0 Å². The van der Waals surface area contributed by atoms with Crippen LogP contribution in [0.1, 0.15) is 18.4 Å². The highest BCUT2D eigenvalue weighted by atomic mass is 16.2. The number of hydrogen-bond donors (Lipinski definition) is 3. The van der Waals surface area contributed by atoms with Crippen LogP contribution in [-0.4, -0.2) is 24.5 Å². The lowest BCUT2D eigenvalue weighted by atomic mass is 10.2. The molecule has 0 spiro atoms. The molecule has 1 saturated carbocycles. The lowest BCUT2D eigenvalue weighted by Crippen LogP contribution is -2.42. The summed E-state index contributed by atoms with van der Waals surface area (Å²) in [7, 11) is 0. The number of imide groups is 1. The molecule has 1 aliphatic carbocycles. The third kappa shape index (κ3) is 4.32. The van der Waals surface area contributed by atoms with Crippen molar-refractivity contribution in [3.8, 4) is 6.07 Å². The van der Waals surface area contributed by atoms with Crippen molar-refractivity contribution in [1.29, 1.82) is 5.26 Å². The van der Waals surface area contributed by atoms with E-state index >= 15 is 0 Å². The summed E-state index contributed by atoms with van der Waals surface area (Å²) in [6, 6.07) is 8.55. The fraction of sp³-hybridized carbons (Fsp3) is 0.308. The number of amides is 3. The van der Waals surface area contributed by atoms with E-state index in [1.807, 2.05) is 6.07 Å². The van der Waals surface area contributed by atoms with Gasteiger partial charge in [0.1, 0.15) is 0 Å². The minimum Gasteiger partial charge on any atom is -0.376 e. The minimum absolute atomic E-state index is 0.0209. The van der Waals surface area contributed by atoms with E-state index < -0.39 is 11.9 Å². The van der Waals surface area contributed by atoms with Gasteiger partial charge in [0.15, 0.2) is 0 Å². The summed E-state index contributed by atoms with van der Waals surface area (Å²) < 4.78 is 0. The molecule has 0 heterocycles. The van der Waals surface area contributed by atoms with E-state index in [2.05, 4.69) is 16.0 Å². The number of hydrogen-bond acceptors (Lipinski definition) is 4. The molecule has 0 bridgehead atoms. The molecule has 1 aromatic carbocycles. The predicted octanol–water partition coefficient (Wildman–Crippen LogP) is 0.958. The molecule has 0 aromatic heterocycles. The summed E-state index contributed by atoms with van der Waals surface area (Å²) in [4.78, 5) is 22.8. The summed E-state index contributed by atoms with van der Waals surface area (Å²) in [5.41, 5.74) is 1.17. The number of benzene rings is 1. The highest BCUT2D eigenvalue weighted by Crippen LogP contribution is 2.18. The fourth-order valence-corrected chi connectivity index (χ4v) is 1.50. The molecule has 0 saturated heterocycles. The van der Waals surface area contributed by atoms with Crippen LogP contribution < -0.4 is 16.0 Å². The number of carbonyl (C=O) groups is 2. The Morgan fingerprint density at radius 1 is 1.37 bits per heavy atom. The van der Waals surface area contributed by atoms with Crippen LogP contribution in [0.3, 0.4) is 0 Å². The summed E-state index contributed by atoms with van der Waals surface area (Å²) in [6.45, 7) is -0.0209. The van der Waals surface area contributed by atoms with E-state index in [1.165, 1.54) is 0 Å². The van der Waals surface area contributed by atoms with Gasteiger partial charge < -0.3 is 10.6 Å². The summed E-state index contributed by atoms with van der Waals surface area (Å²) in [5.74, 6) is -0.416. The third-order valence-corrected chi connectivity index (χ3v) is 2.61. The molecule has 1 fully saturated rings. The largest absolute Gasteiger partial charge is 0.376 e. The Balaban J connectivity index is 1.76. The smallest absolute Gasteiger partial charge is 0.321 e. The van der Waals surface area contributed by atoms with Crippen molar-refractivity contribution in [3.63, 3.8) is 0 Å². The fourth-order valence-electron chi connectivity index (χ4n) is 1.50. The molecular weight excluding hydrogens is 244 g/mol. The van der Waals surface area contributed by atoms with Gasteiger partial charge in [-0.1, -0.05) is 6.07 Å². The maximum Gasteiger partial charge on any atom is 0.321 e. The first-order valence-corrected chi connectivity index (χ1v) is 6.02. The first-order chi connectivity index (χ1) is 9.17. The van der Waals surface area contributed by atoms with Gasteiger partial charge >= 0.3 is 6.03 Å². The molecule has 0 unspecified atom stereocenters. The summed E-state index contributed by atoms with van der Waals surface area (Å²) >= 11 is 0. The number of nitrogens with one attached hydrogen (secondary N) is 3. The molecule has 6 nitrogen and oxygen atoms in total. The van der Waals surface area contributed by atoms with E-state index in [4.69, 9.17) is 5.26 Å². The molecular formula is C13H14N4O2. The van der Waals surface area contributed by atoms with Crippen LogP contribution in [0.5, 0.6) is 0 Å². The second-order valence-electron chi connectivity index (χ2n) is 4.34. The van der Waals surface area contributed by atoms with Crippen molar-refractivity contribution in [3.05, 3.63) is 29.8 Å². The Hall–Kier alpha value is -2.55. The summed E-state index contributed by atoms with van der Waals surface area (Å²) in [5, 5.41) is 16.5. The van der Waals surface area contributed by atoms with Gasteiger partial charge in [0.25, 0.3) is 0 Å². The van der Waals surface area contributed by atoms with Gasteiger partial charge in [0, 0.05) is 11.7 Å². The average Bonchev–Trinajstić information content (AvgIpc) is 3.20. The second-order valence-corrected chi connectivity index (χ2v) is 4.34. The Kier molecular flexibility index (Phi) is 3.98. The van der Waals surface area contributed by atoms with Crippen LogP contribution in [0, 0.1) is 11.3 Å². The Labute approximate surface area is 110 Å². The van der Waals surface area contributed by atoms with E-state index in [0.29, 0.717) is 11.3 Å². The zero-order chi connectivity index (χ0) is 13.7. The Morgan fingerprint density at radius 2 is 2.16 bits per heavy atom. The lowest BCUT2D eigenvalue weighted by molar-refractivity contribution is -0.118. The molecule has 19 heavy (non-hydrogen) atoms. The van der Waals surface area contributed by atoms with Gasteiger partial charge in [-0.3, -0.25) is 10.1 Å².